The Labute approximate surface area is 179 Å². The normalized spacial score (nSPS) is 20.4. The maximum atomic E-state index is 12.8. The van der Waals surface area contributed by atoms with Gasteiger partial charge in [-0.1, -0.05) is 23.9 Å². The van der Waals surface area contributed by atoms with E-state index in [1.165, 1.54) is 24.3 Å². The Morgan fingerprint density at radius 3 is 2.55 bits per heavy atom. The van der Waals surface area contributed by atoms with Crippen LogP contribution >= 0.6 is 11.8 Å². The average Bonchev–Trinajstić information content (AvgIpc) is 3.03. The summed E-state index contributed by atoms with van der Waals surface area (Å²) in [6.07, 6.45) is -0.494. The van der Waals surface area contributed by atoms with Crippen molar-refractivity contribution >= 4 is 35.3 Å². The van der Waals surface area contributed by atoms with Crippen molar-refractivity contribution in [3.8, 4) is 6.07 Å². The maximum absolute atomic E-state index is 12.8. The second-order valence-electron chi connectivity index (χ2n) is 6.51. The molecule has 1 fully saturated rings. The Kier molecular flexibility index (Phi) is 5.98. The number of carboxylic acids is 1. The Bertz CT molecular complexity index is 1090. The van der Waals surface area contributed by atoms with Crippen LogP contribution in [-0.2, 0) is 19.1 Å². The molecule has 3 rings (SSSR count). The van der Waals surface area contributed by atoms with Crippen molar-refractivity contribution in [2.45, 2.75) is 24.5 Å². The molecule has 12 heteroatoms. The van der Waals surface area contributed by atoms with E-state index in [4.69, 9.17) is 15.6 Å². The van der Waals surface area contributed by atoms with Crippen molar-refractivity contribution in [3.05, 3.63) is 61.9 Å². The van der Waals surface area contributed by atoms with Crippen LogP contribution in [0.25, 0.3) is 0 Å². The third-order valence-corrected chi connectivity index (χ3v) is 5.97. The molecule has 0 aliphatic carbocycles. The molecular formula is C19H16N4O7S. The summed E-state index contributed by atoms with van der Waals surface area (Å²) in [5.41, 5.74) is 6.17. The van der Waals surface area contributed by atoms with E-state index in [2.05, 4.69) is 0 Å². The molecule has 1 aromatic carbocycles. The number of carboxylic acid groups (broad SMARTS) is 1. The molecule has 2 aliphatic rings. The SMILES string of the molecule is CCOC(=O)C1=C(N)N2C(=O)C(CC(=O)O)SC2=C(C#N)C1c1ccc([N+](=O)[O-])cc1. The minimum Gasteiger partial charge on any atom is -0.481 e. The van der Waals surface area contributed by atoms with E-state index in [0.717, 1.165) is 16.7 Å². The van der Waals surface area contributed by atoms with Crippen molar-refractivity contribution < 1.29 is 29.2 Å². The highest BCUT2D eigenvalue weighted by atomic mass is 32.2. The lowest BCUT2D eigenvalue weighted by molar-refractivity contribution is -0.384. The summed E-state index contributed by atoms with van der Waals surface area (Å²) in [5, 5.41) is 29.1. The summed E-state index contributed by atoms with van der Waals surface area (Å²) in [4.78, 5) is 48.0. The van der Waals surface area contributed by atoms with Gasteiger partial charge in [-0.25, -0.2) is 4.79 Å². The third kappa shape index (κ3) is 3.82. The largest absolute Gasteiger partial charge is 0.481 e. The molecule has 2 heterocycles. The predicted octanol–water partition coefficient (Wildman–Crippen LogP) is 1.58. The van der Waals surface area contributed by atoms with Gasteiger partial charge in [0.1, 0.15) is 11.1 Å². The van der Waals surface area contributed by atoms with Crippen LogP contribution in [0.15, 0.2) is 46.3 Å². The number of fused-ring (bicyclic) bond motifs is 1. The van der Waals surface area contributed by atoms with Gasteiger partial charge in [0.25, 0.3) is 5.69 Å². The quantitative estimate of drug-likeness (QED) is 0.372. The first kappa shape index (κ1) is 21.8. The number of aliphatic carboxylic acids is 1. The molecule has 160 valence electrons. The van der Waals surface area contributed by atoms with Crippen molar-refractivity contribution in [1.29, 1.82) is 5.26 Å². The van der Waals surface area contributed by atoms with Gasteiger partial charge in [-0.15, -0.1) is 0 Å². The van der Waals surface area contributed by atoms with Gasteiger partial charge in [0, 0.05) is 12.1 Å². The van der Waals surface area contributed by atoms with Crippen molar-refractivity contribution in [1.82, 2.24) is 4.90 Å². The number of amides is 1. The molecule has 2 unspecified atom stereocenters. The number of hydrogen-bond donors (Lipinski definition) is 2. The number of rotatable bonds is 6. The minimum atomic E-state index is -1.20. The average molecular weight is 444 g/mol. The fourth-order valence-electron chi connectivity index (χ4n) is 3.38. The Hall–Kier alpha value is -3.85. The second-order valence-corrected chi connectivity index (χ2v) is 7.70. The smallest absolute Gasteiger partial charge is 0.338 e. The molecule has 1 amide bonds. The van der Waals surface area contributed by atoms with E-state index < -0.39 is 40.4 Å². The van der Waals surface area contributed by atoms with Gasteiger partial charge in [-0.2, -0.15) is 5.26 Å². The standard InChI is InChI=1S/C19H16N4O7S/c1-2-30-19(27)15-14(9-3-5-10(6-4-9)23(28)29)11(8-20)18-22(16(15)21)17(26)12(31-18)7-13(24)25/h3-6,12,14H,2,7,21H2,1H3,(H,24,25). The van der Waals surface area contributed by atoms with E-state index in [0.29, 0.717) is 5.56 Å². The number of carbonyl (C=O) groups is 3. The lowest BCUT2D eigenvalue weighted by atomic mass is 9.83. The highest BCUT2D eigenvalue weighted by molar-refractivity contribution is 8.04. The molecule has 11 nitrogen and oxygen atoms in total. The van der Waals surface area contributed by atoms with Crippen molar-refractivity contribution in [2.75, 3.05) is 6.61 Å². The molecular weight excluding hydrogens is 428 g/mol. The Balaban J connectivity index is 2.20. The first-order chi connectivity index (χ1) is 14.7. The zero-order valence-corrected chi connectivity index (χ0v) is 16.9. The summed E-state index contributed by atoms with van der Waals surface area (Å²) in [7, 11) is 0. The van der Waals surface area contributed by atoms with Gasteiger partial charge >= 0.3 is 11.9 Å². The van der Waals surface area contributed by atoms with Gasteiger partial charge in [0.15, 0.2) is 0 Å². The third-order valence-electron chi connectivity index (χ3n) is 4.69. The highest BCUT2D eigenvalue weighted by Crippen LogP contribution is 2.49. The monoisotopic (exact) mass is 444 g/mol. The molecule has 31 heavy (non-hydrogen) atoms. The lowest BCUT2D eigenvalue weighted by Gasteiger charge is -2.31. The number of nitro groups is 1. The van der Waals surface area contributed by atoms with E-state index in [1.54, 1.807) is 6.92 Å². The van der Waals surface area contributed by atoms with Gasteiger partial charge in [-0.3, -0.25) is 24.6 Å². The fraction of sp³-hybridized carbons (Fsp3) is 0.263. The Morgan fingerprint density at radius 1 is 1.39 bits per heavy atom. The zero-order valence-electron chi connectivity index (χ0n) is 16.1. The van der Waals surface area contributed by atoms with E-state index >= 15 is 0 Å². The molecule has 2 atom stereocenters. The lowest BCUT2D eigenvalue weighted by Crippen LogP contribution is -2.39. The zero-order chi connectivity index (χ0) is 22.9. The van der Waals surface area contributed by atoms with Gasteiger partial charge in [0.2, 0.25) is 5.91 Å². The number of thioether (sulfide) groups is 1. The predicted molar refractivity (Wildman–Crippen MR) is 107 cm³/mol. The number of allylic oxidation sites excluding steroid dienone is 1. The van der Waals surface area contributed by atoms with E-state index in [1.807, 2.05) is 6.07 Å². The molecule has 0 aromatic heterocycles. The van der Waals surface area contributed by atoms with Gasteiger partial charge in [0.05, 0.1) is 46.1 Å². The number of nitro benzene ring substituents is 1. The Morgan fingerprint density at radius 2 is 2.03 bits per heavy atom. The van der Waals surface area contributed by atoms with Crippen LogP contribution in [0.4, 0.5) is 5.69 Å². The number of ether oxygens (including phenoxy) is 1. The number of non-ortho nitro benzene ring substituents is 1. The summed E-state index contributed by atoms with van der Waals surface area (Å²) in [5.74, 6) is -4.02. The highest BCUT2D eigenvalue weighted by Gasteiger charge is 2.48. The van der Waals surface area contributed by atoms with Crippen LogP contribution in [0.2, 0.25) is 0 Å². The first-order valence-corrected chi connectivity index (χ1v) is 9.87. The van der Waals surface area contributed by atoms with Crippen LogP contribution in [0.3, 0.4) is 0 Å². The summed E-state index contributed by atoms with van der Waals surface area (Å²) >= 11 is 0.879. The van der Waals surface area contributed by atoms with Crippen LogP contribution in [0.1, 0.15) is 24.8 Å². The van der Waals surface area contributed by atoms with Crippen LogP contribution in [0, 0.1) is 21.4 Å². The maximum Gasteiger partial charge on any atom is 0.338 e. The van der Waals surface area contributed by atoms with E-state index in [-0.39, 0.29) is 34.3 Å². The summed E-state index contributed by atoms with van der Waals surface area (Å²) in [6, 6.07) is 7.21. The number of esters is 1. The van der Waals surface area contributed by atoms with Crippen molar-refractivity contribution in [3.63, 3.8) is 0 Å². The number of hydrogen-bond acceptors (Lipinski definition) is 9. The molecule has 0 spiro atoms. The molecule has 0 bridgehead atoms. The fourth-order valence-corrected chi connectivity index (χ4v) is 4.67. The summed E-state index contributed by atoms with van der Waals surface area (Å²) < 4.78 is 5.08. The minimum absolute atomic E-state index is 0.00246. The number of carbonyl (C=O) groups excluding carboxylic acids is 2. The molecule has 0 radical (unpaired) electrons. The van der Waals surface area contributed by atoms with E-state index in [9.17, 15) is 29.8 Å². The van der Waals surface area contributed by atoms with Crippen molar-refractivity contribution in [2.24, 2.45) is 5.73 Å². The second kappa shape index (κ2) is 8.49. The first-order valence-electron chi connectivity index (χ1n) is 8.99. The molecule has 0 saturated carbocycles. The number of nitriles is 1. The van der Waals surface area contributed by atoms with Crippen LogP contribution < -0.4 is 5.73 Å². The molecule has 1 saturated heterocycles. The van der Waals surface area contributed by atoms with Gasteiger partial charge < -0.3 is 15.6 Å². The number of benzene rings is 1. The van der Waals surface area contributed by atoms with Crippen LogP contribution in [0.5, 0.6) is 0 Å². The number of nitrogens with zero attached hydrogens (tertiary/aromatic N) is 3. The molecule has 3 N–H and O–H groups in total. The molecule has 1 aromatic rings. The molecule has 2 aliphatic heterocycles. The topological polar surface area (TPSA) is 177 Å². The van der Waals surface area contributed by atoms with Gasteiger partial charge in [-0.05, 0) is 12.5 Å². The van der Waals surface area contributed by atoms with Crippen LogP contribution in [-0.4, -0.2) is 44.6 Å². The number of nitrogens with two attached hydrogens (primary N) is 1. The summed E-state index contributed by atoms with van der Waals surface area (Å²) in [6.45, 7) is 1.58.